The first kappa shape index (κ1) is 54.5. The van der Waals surface area contributed by atoms with Gasteiger partial charge in [-0.15, -0.1) is 0 Å². The maximum absolute atomic E-state index is 14.7. The fourth-order valence-corrected chi connectivity index (χ4v) is 11.4. The number of hydrogen-bond donors (Lipinski definition) is 0. The second-order valence-corrected chi connectivity index (χ2v) is 21.0. The van der Waals surface area contributed by atoms with E-state index < -0.39 is 23.5 Å². The van der Waals surface area contributed by atoms with Crippen LogP contribution in [-0.2, 0) is 12.4 Å². The van der Waals surface area contributed by atoms with Crippen molar-refractivity contribution in [2.75, 3.05) is 0 Å². The Morgan fingerprint density at radius 1 is 0.314 bits per heavy atom. The summed E-state index contributed by atoms with van der Waals surface area (Å²) in [6, 6.07) is 37.0. The fraction of sp³-hybridized carbons (Fsp3) is 0.154. The van der Waals surface area contributed by atoms with Crippen LogP contribution in [0.25, 0.3) is 123 Å². The molecule has 0 amide bonds. The Kier molecular flexibility index (Phi) is 12.8. The fourth-order valence-electron chi connectivity index (χ4n) is 11.4. The number of rotatable bonds is 8. The van der Waals surface area contributed by atoms with Crippen molar-refractivity contribution in [2.45, 2.75) is 67.7 Å². The van der Waals surface area contributed by atoms with Crippen LogP contribution in [0.2, 0.25) is 0 Å². The Balaban J connectivity index is 1.13. The monoisotopic (exact) mass is 1150 g/mol. The van der Waals surface area contributed by atoms with Crippen molar-refractivity contribution in [1.82, 2.24) is 68.9 Å². The molecular weight excluding hydrogens is 1100 g/mol. The lowest BCUT2D eigenvalue weighted by atomic mass is 9.94. The maximum atomic E-state index is 14.7. The first-order chi connectivity index (χ1) is 41.0. The van der Waals surface area contributed by atoms with Gasteiger partial charge in [0.2, 0.25) is 0 Å². The van der Waals surface area contributed by atoms with Gasteiger partial charge in [0.15, 0.2) is 23.3 Å². The first-order valence-electron chi connectivity index (χ1n) is 27.0. The predicted molar refractivity (Wildman–Crippen MR) is 314 cm³/mol. The average molecular weight is 1150 g/mol. The van der Waals surface area contributed by atoms with Crippen LogP contribution < -0.4 is 0 Å². The summed E-state index contributed by atoms with van der Waals surface area (Å²) in [6.07, 6.45) is -10.3. The number of aromatic nitrogens is 14. The van der Waals surface area contributed by atoms with Crippen molar-refractivity contribution < 1.29 is 26.3 Å². The molecule has 0 atom stereocenters. The predicted octanol–water partition coefficient (Wildman–Crippen LogP) is 15.0. The Bertz CT molecular complexity index is 4730. The second-order valence-electron chi connectivity index (χ2n) is 21.0. The van der Waals surface area contributed by atoms with Gasteiger partial charge in [0.1, 0.15) is 46.6 Å². The van der Waals surface area contributed by atoms with Crippen LogP contribution in [0.4, 0.5) is 26.3 Å². The summed E-state index contributed by atoms with van der Waals surface area (Å²) in [5.74, 6) is 5.92. The molecule has 13 rings (SSSR count). The molecule has 0 aliphatic rings. The van der Waals surface area contributed by atoms with E-state index in [1.54, 1.807) is 85.7 Å². The molecule has 6 heterocycles. The Hall–Kier alpha value is -10.8. The molecule has 0 radical (unpaired) electrons. The molecule has 0 spiro atoms. The molecule has 6 aromatic heterocycles. The van der Waals surface area contributed by atoms with E-state index in [4.69, 9.17) is 0 Å². The van der Waals surface area contributed by atoms with Crippen molar-refractivity contribution >= 4 is 43.6 Å². The molecule has 13 aromatic rings. The van der Waals surface area contributed by atoms with E-state index >= 15 is 0 Å². The molecule has 0 saturated carbocycles. The average Bonchev–Trinajstić information content (AvgIpc) is 1.61. The molecule has 422 valence electrons. The van der Waals surface area contributed by atoms with Crippen molar-refractivity contribution in [2.24, 2.45) is 0 Å². The highest BCUT2D eigenvalue weighted by Crippen LogP contribution is 2.46. The van der Waals surface area contributed by atoms with E-state index in [0.717, 1.165) is 22.9 Å². The number of nitriles is 1. The van der Waals surface area contributed by atoms with Crippen LogP contribution in [0.1, 0.15) is 63.3 Å². The van der Waals surface area contributed by atoms with E-state index in [2.05, 4.69) is 65.9 Å². The van der Waals surface area contributed by atoms with Gasteiger partial charge in [-0.05, 0) is 176 Å². The van der Waals surface area contributed by atoms with E-state index in [1.165, 1.54) is 6.07 Å². The molecule has 0 aliphatic carbocycles. The van der Waals surface area contributed by atoms with Gasteiger partial charge in [-0.25, -0.2) is 59.8 Å². The topological polar surface area (TPSA) is 188 Å². The minimum absolute atomic E-state index is 0.0515. The van der Waals surface area contributed by atoms with Gasteiger partial charge in [0.05, 0.1) is 56.2 Å². The lowest BCUT2D eigenvalue weighted by molar-refractivity contribution is -0.143. The molecule has 0 aliphatic heterocycles. The van der Waals surface area contributed by atoms with Crippen molar-refractivity contribution in [3.8, 4) is 85.2 Å². The number of aryl methyl sites for hydroxylation is 8. The van der Waals surface area contributed by atoms with Crippen LogP contribution in [0.15, 0.2) is 127 Å². The third kappa shape index (κ3) is 9.83. The van der Waals surface area contributed by atoms with Gasteiger partial charge in [-0.1, -0.05) is 18.2 Å². The maximum Gasteiger partial charge on any atom is 0.416 e. The normalized spacial score (nSPS) is 12.1. The molecule has 0 fully saturated rings. The minimum Gasteiger partial charge on any atom is -0.309 e. The third-order valence-electron chi connectivity index (χ3n) is 14.8. The minimum atomic E-state index is -5.13. The Labute approximate surface area is 485 Å². The molecule has 0 saturated heterocycles. The van der Waals surface area contributed by atoms with E-state index in [0.29, 0.717) is 153 Å². The zero-order valence-electron chi connectivity index (χ0n) is 47.1. The van der Waals surface area contributed by atoms with Crippen LogP contribution in [-0.4, -0.2) is 68.9 Å². The Morgan fingerprint density at radius 3 is 0.907 bits per heavy atom. The van der Waals surface area contributed by atoms with Crippen LogP contribution in [0, 0.1) is 66.7 Å². The van der Waals surface area contributed by atoms with Gasteiger partial charge in [0.25, 0.3) is 0 Å². The van der Waals surface area contributed by atoms with Crippen molar-refractivity contribution in [3.63, 3.8) is 0 Å². The molecule has 15 nitrogen and oxygen atoms in total. The number of benzene rings is 7. The molecule has 0 N–H and O–H groups in total. The van der Waals surface area contributed by atoms with E-state index in [-0.39, 0.29) is 17.2 Å². The first-order valence-corrected chi connectivity index (χ1v) is 27.0. The van der Waals surface area contributed by atoms with E-state index in [9.17, 15) is 31.6 Å². The number of fused-ring (bicyclic) bond motifs is 6. The van der Waals surface area contributed by atoms with Crippen molar-refractivity contribution in [1.29, 1.82) is 5.26 Å². The van der Waals surface area contributed by atoms with Gasteiger partial charge >= 0.3 is 12.4 Å². The summed E-state index contributed by atoms with van der Waals surface area (Å²) in [6.45, 7) is 14.3. The molecule has 21 heteroatoms. The van der Waals surface area contributed by atoms with Gasteiger partial charge < -0.3 is 9.13 Å². The lowest BCUT2D eigenvalue weighted by Crippen LogP contribution is -2.11. The number of halogens is 6. The third-order valence-corrected chi connectivity index (χ3v) is 14.8. The number of alkyl halides is 6. The van der Waals surface area contributed by atoms with Crippen LogP contribution in [0.3, 0.4) is 0 Å². The zero-order chi connectivity index (χ0) is 60.2. The van der Waals surface area contributed by atoms with Crippen molar-refractivity contribution in [3.05, 3.63) is 191 Å². The highest BCUT2D eigenvalue weighted by Gasteiger charge is 2.37. The van der Waals surface area contributed by atoms with Crippen LogP contribution in [0.5, 0.6) is 0 Å². The summed E-state index contributed by atoms with van der Waals surface area (Å²) in [4.78, 5) is 55.0. The molecule has 86 heavy (non-hydrogen) atoms. The molecule has 0 unspecified atom stereocenters. The summed E-state index contributed by atoms with van der Waals surface area (Å²) in [5.41, 5.74) is 4.31. The lowest BCUT2D eigenvalue weighted by Gasteiger charge is -2.21. The summed E-state index contributed by atoms with van der Waals surface area (Å²) in [5, 5.41) is 13.6. The van der Waals surface area contributed by atoms with Gasteiger partial charge in [0, 0.05) is 54.9 Å². The SMILES string of the molecule is Cc1nc(C)nc(-c2ccc3c(c2)c2cc(-c4nc(C)nc(C)n4)ccc2n3-c2cc(C#N)ccc2-c2ccc(-c3cc(C(F)(F)F)cc(C(F)(F)F)c3)cc2-n2c3ccc(-c4nc(C)nc(C)n4)cc3c3cc(-c4nc(C)nc(C)n4)ccc32)n1. The molecule has 7 aromatic carbocycles. The van der Waals surface area contributed by atoms with Gasteiger partial charge in [-0.2, -0.15) is 31.6 Å². The van der Waals surface area contributed by atoms with Gasteiger partial charge in [-0.3, -0.25) is 0 Å². The standard InChI is InChI=1S/C65H45F6N15/c1-31-73-32(2)78-60(77-31)41-11-17-54-50(24-41)51-25-42(61-79-33(3)74-34(4)80-61)12-18-55(51)85(54)58-21-39(30-72)9-15-48(58)49-16-10-40(45-22-46(64(66,67)68)29-47(23-45)65(69,70)71)28-59(49)86-56-19-13-43(62-81-35(5)75-36(6)82-62)26-52(56)53-27-44(14-20-57(53)86)63-83-37(7)76-38(8)84-63/h9-29H,1-8H3. The summed E-state index contributed by atoms with van der Waals surface area (Å²) in [7, 11) is 0. The zero-order valence-corrected chi connectivity index (χ0v) is 47.1. The summed E-state index contributed by atoms with van der Waals surface area (Å²) >= 11 is 0. The molecular formula is C65H45F6N15. The largest absolute Gasteiger partial charge is 0.416 e. The number of nitrogens with zero attached hydrogens (tertiary/aromatic N) is 15. The van der Waals surface area contributed by atoms with E-state index in [1.807, 2.05) is 81.9 Å². The second kappa shape index (κ2) is 20.3. The Morgan fingerprint density at radius 2 is 0.605 bits per heavy atom. The highest BCUT2D eigenvalue weighted by atomic mass is 19.4. The van der Waals surface area contributed by atoms with Crippen LogP contribution >= 0.6 is 0 Å². The molecule has 0 bridgehead atoms. The summed E-state index contributed by atoms with van der Waals surface area (Å²) < 4.78 is 92.1. The highest BCUT2D eigenvalue weighted by molar-refractivity contribution is 6.14. The number of hydrogen-bond acceptors (Lipinski definition) is 13. The quantitative estimate of drug-likeness (QED) is 0.131. The smallest absolute Gasteiger partial charge is 0.309 e.